The molecule has 1 aromatic heterocycles. The average molecular weight is 555 g/mol. The van der Waals surface area contributed by atoms with E-state index in [0.717, 1.165) is 37.6 Å². The molecule has 1 aromatic carbocycles. The van der Waals surface area contributed by atoms with Crippen molar-refractivity contribution in [2.24, 2.45) is 11.3 Å². The molecule has 1 saturated carbocycles. The van der Waals surface area contributed by atoms with Gasteiger partial charge in [0.1, 0.15) is 35.7 Å². The number of aromatic nitrogens is 2. The van der Waals surface area contributed by atoms with Gasteiger partial charge in [0.2, 0.25) is 11.8 Å². The maximum Gasteiger partial charge on any atom is 0.408 e. The SMILES string of the molecule is COc1ccc2nc3c(nc2c1)OC1CC(C(=O)O)N(C1)C(=O)C(C(C)(C)C)NC(=O)OC1CC1CCCCC3. The Morgan fingerprint density at radius 3 is 2.62 bits per heavy atom. The Kier molecular flexibility index (Phi) is 7.74. The first-order valence-corrected chi connectivity index (χ1v) is 14.0. The lowest BCUT2D eigenvalue weighted by molar-refractivity contribution is -0.150. The normalized spacial score (nSPS) is 27.8. The first-order chi connectivity index (χ1) is 19.0. The highest BCUT2D eigenvalue weighted by Crippen LogP contribution is 2.39. The van der Waals surface area contributed by atoms with Gasteiger partial charge in [-0.25, -0.2) is 19.6 Å². The third-order valence-electron chi connectivity index (χ3n) is 8.00. The van der Waals surface area contributed by atoms with E-state index in [2.05, 4.69) is 5.32 Å². The van der Waals surface area contributed by atoms with Crippen molar-refractivity contribution in [3.63, 3.8) is 0 Å². The number of carboxylic acids is 1. The average Bonchev–Trinajstić information content (AvgIpc) is 3.48. The molecule has 0 spiro atoms. The number of amides is 2. The number of aryl methyl sites for hydroxylation is 1. The van der Waals surface area contributed by atoms with Crippen molar-refractivity contribution in [1.29, 1.82) is 0 Å². The lowest BCUT2D eigenvalue weighted by atomic mass is 9.85. The predicted molar refractivity (Wildman–Crippen MR) is 145 cm³/mol. The number of hydrogen-bond donors (Lipinski definition) is 2. The summed E-state index contributed by atoms with van der Waals surface area (Å²) < 4.78 is 17.3. The first kappa shape index (κ1) is 27.9. The Morgan fingerprint density at radius 1 is 1.10 bits per heavy atom. The molecular formula is C29H38N4O7. The molecule has 2 bridgehead atoms. The molecule has 2 amide bonds. The van der Waals surface area contributed by atoms with Crippen LogP contribution in [0.2, 0.25) is 0 Å². The highest BCUT2D eigenvalue weighted by Gasteiger charge is 2.47. The standard InChI is InChI=1S/C29H38N4O7/c1-29(2,3)24-26(34)33-15-18(14-22(33)27(35)36)39-25-20(30-19-11-10-17(38-4)13-21(19)31-25)9-7-5-6-8-16-12-23(16)40-28(37)32-24/h10-11,13,16,18,22-24H,5-9,12,14-15H2,1-4H3,(H,32,37)(H,35,36). The predicted octanol–water partition coefficient (Wildman–Crippen LogP) is 3.72. The molecule has 2 N–H and O–H groups in total. The van der Waals surface area contributed by atoms with Crippen LogP contribution >= 0.6 is 0 Å². The van der Waals surface area contributed by atoms with E-state index in [1.807, 2.05) is 32.9 Å². The lowest BCUT2D eigenvalue weighted by Crippen LogP contribution is -2.57. The number of benzene rings is 1. The van der Waals surface area contributed by atoms with Gasteiger partial charge in [-0.05, 0) is 49.1 Å². The maximum absolute atomic E-state index is 13.8. The Balaban J connectivity index is 1.48. The van der Waals surface area contributed by atoms with E-state index in [4.69, 9.17) is 24.2 Å². The molecule has 40 heavy (non-hydrogen) atoms. The molecule has 1 saturated heterocycles. The van der Waals surface area contributed by atoms with Gasteiger partial charge >= 0.3 is 12.1 Å². The molecule has 216 valence electrons. The monoisotopic (exact) mass is 554 g/mol. The highest BCUT2D eigenvalue weighted by molar-refractivity contribution is 5.90. The molecule has 3 heterocycles. The Hall–Kier alpha value is -3.63. The van der Waals surface area contributed by atoms with Crippen LogP contribution in [0.5, 0.6) is 11.6 Å². The summed E-state index contributed by atoms with van der Waals surface area (Å²) in [4.78, 5) is 49.7. The fraction of sp³-hybridized carbons (Fsp3) is 0.621. The van der Waals surface area contributed by atoms with E-state index in [1.165, 1.54) is 4.90 Å². The van der Waals surface area contributed by atoms with Gasteiger partial charge in [0.05, 0.1) is 24.7 Å². The van der Waals surface area contributed by atoms with Crippen molar-refractivity contribution in [1.82, 2.24) is 20.2 Å². The second-order valence-electron chi connectivity index (χ2n) is 12.1. The summed E-state index contributed by atoms with van der Waals surface area (Å²) in [6.45, 7) is 5.52. The number of hydrogen-bond acceptors (Lipinski definition) is 8. The molecule has 11 heteroatoms. The number of carbonyl (C=O) groups is 3. The fourth-order valence-corrected chi connectivity index (χ4v) is 5.60. The van der Waals surface area contributed by atoms with Crippen molar-refractivity contribution < 1.29 is 33.7 Å². The van der Waals surface area contributed by atoms with Crippen molar-refractivity contribution >= 4 is 29.0 Å². The molecule has 1 aliphatic carbocycles. The molecule has 2 fully saturated rings. The number of rotatable bonds is 2. The van der Waals surface area contributed by atoms with Crippen LogP contribution < -0.4 is 14.8 Å². The summed E-state index contributed by atoms with van der Waals surface area (Å²) in [5.41, 5.74) is 1.36. The fourth-order valence-electron chi connectivity index (χ4n) is 5.60. The minimum Gasteiger partial charge on any atom is -0.497 e. The Morgan fingerprint density at radius 2 is 1.90 bits per heavy atom. The largest absolute Gasteiger partial charge is 0.497 e. The van der Waals surface area contributed by atoms with Gasteiger partial charge in [-0.15, -0.1) is 0 Å². The minimum absolute atomic E-state index is 0.0427. The van der Waals surface area contributed by atoms with E-state index in [9.17, 15) is 19.5 Å². The zero-order chi connectivity index (χ0) is 28.6. The molecule has 2 aliphatic heterocycles. The van der Waals surface area contributed by atoms with Crippen molar-refractivity contribution in [2.45, 2.75) is 90.0 Å². The van der Waals surface area contributed by atoms with Gasteiger partial charge in [0, 0.05) is 12.5 Å². The van der Waals surface area contributed by atoms with Gasteiger partial charge in [-0.1, -0.05) is 33.6 Å². The molecular weight excluding hydrogens is 516 g/mol. The zero-order valence-corrected chi connectivity index (χ0v) is 23.5. The second kappa shape index (κ2) is 11.1. The number of alkyl carbamates (subject to hydrolysis) is 1. The van der Waals surface area contributed by atoms with Gasteiger partial charge in [0.15, 0.2) is 0 Å². The smallest absolute Gasteiger partial charge is 0.408 e. The Labute approximate surface area is 233 Å². The van der Waals surface area contributed by atoms with Gasteiger partial charge in [-0.3, -0.25) is 4.79 Å². The summed E-state index contributed by atoms with van der Waals surface area (Å²) in [6.07, 6.45) is 3.97. The van der Waals surface area contributed by atoms with E-state index < -0.39 is 41.6 Å². The van der Waals surface area contributed by atoms with Crippen LogP contribution in [0.25, 0.3) is 11.0 Å². The summed E-state index contributed by atoms with van der Waals surface area (Å²) in [7, 11) is 1.58. The number of nitrogens with one attached hydrogen (secondary N) is 1. The van der Waals surface area contributed by atoms with Crippen LogP contribution in [0.15, 0.2) is 18.2 Å². The van der Waals surface area contributed by atoms with Crippen LogP contribution in [-0.2, 0) is 20.7 Å². The number of nitrogens with zero attached hydrogens (tertiary/aromatic N) is 3. The van der Waals surface area contributed by atoms with E-state index in [0.29, 0.717) is 35.2 Å². The van der Waals surface area contributed by atoms with Crippen LogP contribution in [0.3, 0.4) is 0 Å². The molecule has 2 aromatic rings. The molecule has 5 rings (SSSR count). The van der Waals surface area contributed by atoms with Crippen LogP contribution in [-0.4, -0.2) is 75.9 Å². The number of fused-ring (bicyclic) bond motifs is 5. The highest BCUT2D eigenvalue weighted by atomic mass is 16.6. The third kappa shape index (κ3) is 6.08. The van der Waals surface area contributed by atoms with E-state index >= 15 is 0 Å². The quantitative estimate of drug-likeness (QED) is 0.568. The van der Waals surface area contributed by atoms with Gasteiger partial charge in [0.25, 0.3) is 0 Å². The van der Waals surface area contributed by atoms with Crippen LogP contribution in [0, 0.1) is 11.3 Å². The number of ether oxygens (including phenoxy) is 3. The Bertz CT molecular complexity index is 1290. The van der Waals surface area contributed by atoms with Crippen molar-refractivity contribution in [2.75, 3.05) is 13.7 Å². The summed E-state index contributed by atoms with van der Waals surface area (Å²) in [5.74, 6) is -0.301. The van der Waals surface area contributed by atoms with Crippen molar-refractivity contribution in [3.05, 3.63) is 23.9 Å². The molecule has 11 nitrogen and oxygen atoms in total. The molecule has 5 unspecified atom stereocenters. The minimum atomic E-state index is -1.13. The second-order valence-corrected chi connectivity index (χ2v) is 12.1. The van der Waals surface area contributed by atoms with E-state index in [1.54, 1.807) is 13.2 Å². The third-order valence-corrected chi connectivity index (χ3v) is 8.00. The number of methoxy groups -OCH3 is 1. The van der Waals surface area contributed by atoms with Gasteiger partial charge in [-0.2, -0.15) is 0 Å². The summed E-state index contributed by atoms with van der Waals surface area (Å²) >= 11 is 0. The topological polar surface area (TPSA) is 140 Å². The molecule has 0 radical (unpaired) electrons. The van der Waals surface area contributed by atoms with Crippen LogP contribution in [0.1, 0.15) is 65.0 Å². The summed E-state index contributed by atoms with van der Waals surface area (Å²) in [6, 6.07) is 3.40. The molecule has 5 atom stereocenters. The van der Waals surface area contributed by atoms with Crippen LogP contribution in [0.4, 0.5) is 4.79 Å². The van der Waals surface area contributed by atoms with E-state index in [-0.39, 0.29) is 19.1 Å². The maximum atomic E-state index is 13.8. The lowest BCUT2D eigenvalue weighted by Gasteiger charge is -2.34. The van der Waals surface area contributed by atoms with Gasteiger partial charge < -0.3 is 29.5 Å². The first-order valence-electron chi connectivity index (χ1n) is 14.0. The zero-order valence-electron chi connectivity index (χ0n) is 23.5. The molecule has 3 aliphatic rings. The number of carboxylic acid groups (broad SMARTS) is 1. The number of aliphatic carboxylic acids is 1. The summed E-state index contributed by atoms with van der Waals surface area (Å²) in [5, 5.41) is 12.7. The van der Waals surface area contributed by atoms with Crippen molar-refractivity contribution in [3.8, 4) is 11.6 Å². The number of carbonyl (C=O) groups excluding carboxylic acids is 2.